The summed E-state index contributed by atoms with van der Waals surface area (Å²) < 4.78 is 40.0. The molecule has 12 heteroatoms. The van der Waals surface area contributed by atoms with Crippen molar-refractivity contribution in [3.05, 3.63) is 62.6 Å². The number of rotatable bonds is 4. The molecule has 0 bridgehead atoms. The molecule has 2 heterocycles. The highest BCUT2D eigenvalue weighted by Gasteiger charge is 2.32. The second-order valence-corrected chi connectivity index (χ2v) is 5.75. The van der Waals surface area contributed by atoms with Crippen molar-refractivity contribution in [2.24, 2.45) is 0 Å². The zero-order valence-corrected chi connectivity index (χ0v) is 13.9. The lowest BCUT2D eigenvalue weighted by Crippen LogP contribution is -2.10. The van der Waals surface area contributed by atoms with Crippen molar-refractivity contribution in [3.8, 4) is 6.07 Å². The molecule has 3 rings (SSSR count). The van der Waals surface area contributed by atoms with E-state index in [4.69, 9.17) is 16.9 Å². The first-order valence-corrected chi connectivity index (χ1v) is 7.61. The van der Waals surface area contributed by atoms with Gasteiger partial charge in [0.2, 0.25) is 0 Å². The predicted octanol–water partition coefficient (Wildman–Crippen LogP) is 3.79. The van der Waals surface area contributed by atoms with Crippen LogP contribution in [0.4, 0.5) is 24.5 Å². The normalized spacial score (nSPS) is 11.4. The minimum absolute atomic E-state index is 0.0239. The van der Waals surface area contributed by atoms with Gasteiger partial charge in [-0.1, -0.05) is 11.6 Å². The summed E-state index contributed by atoms with van der Waals surface area (Å²) in [7, 11) is 0. The molecule has 0 saturated carbocycles. The number of nitrogens with zero attached hydrogens (tertiary/aromatic N) is 5. The molecule has 2 aromatic heterocycles. The van der Waals surface area contributed by atoms with E-state index in [1.807, 2.05) is 0 Å². The number of fused-ring (bicyclic) bond motifs is 1. The van der Waals surface area contributed by atoms with Gasteiger partial charge in [0.15, 0.2) is 11.5 Å². The first-order chi connectivity index (χ1) is 12.7. The molecular formula is C15H8ClF3N6O2. The van der Waals surface area contributed by atoms with Gasteiger partial charge in [-0.3, -0.25) is 14.5 Å². The molecule has 1 N–H and O–H groups in total. The van der Waals surface area contributed by atoms with E-state index in [-0.39, 0.29) is 40.0 Å². The summed E-state index contributed by atoms with van der Waals surface area (Å²) in [6.45, 7) is -0.161. The van der Waals surface area contributed by atoms with Crippen molar-refractivity contribution in [2.75, 3.05) is 5.32 Å². The lowest BCUT2D eigenvalue weighted by atomic mass is 10.2. The molecule has 1 aromatic carbocycles. The molecule has 0 radical (unpaired) electrons. The minimum atomic E-state index is -4.61. The number of alkyl halides is 3. The van der Waals surface area contributed by atoms with Crippen LogP contribution in [-0.4, -0.2) is 19.5 Å². The molecule has 3 aromatic rings. The Morgan fingerprint density at radius 1 is 1.33 bits per heavy atom. The third-order valence-corrected chi connectivity index (χ3v) is 3.90. The van der Waals surface area contributed by atoms with Gasteiger partial charge in [-0.05, 0) is 18.2 Å². The SMILES string of the molecule is N#Cc1ccc(NCc2nnc3c(Cl)cc(C(F)(F)F)cn23)c([N+](=O)[O-])c1. The fraction of sp³-hybridized carbons (Fsp3) is 0.133. The molecule has 0 aliphatic heterocycles. The Kier molecular flexibility index (Phi) is 4.59. The van der Waals surface area contributed by atoms with Gasteiger partial charge in [-0.15, -0.1) is 10.2 Å². The lowest BCUT2D eigenvalue weighted by molar-refractivity contribution is -0.384. The van der Waals surface area contributed by atoms with E-state index in [1.165, 1.54) is 12.1 Å². The fourth-order valence-electron chi connectivity index (χ4n) is 2.35. The van der Waals surface area contributed by atoms with E-state index in [0.29, 0.717) is 0 Å². The van der Waals surface area contributed by atoms with Crippen LogP contribution in [0.1, 0.15) is 17.0 Å². The Hall–Kier alpha value is -3.39. The summed E-state index contributed by atoms with van der Waals surface area (Å²) in [4.78, 5) is 10.5. The second kappa shape index (κ2) is 6.73. The molecule has 0 aliphatic rings. The summed E-state index contributed by atoms with van der Waals surface area (Å²) in [6.07, 6.45) is -3.82. The maximum atomic E-state index is 13.0. The van der Waals surface area contributed by atoms with Gasteiger partial charge in [-0.2, -0.15) is 18.4 Å². The van der Waals surface area contributed by atoms with Crippen molar-refractivity contribution in [3.63, 3.8) is 0 Å². The van der Waals surface area contributed by atoms with Crippen molar-refractivity contribution in [2.45, 2.75) is 12.7 Å². The molecule has 0 saturated heterocycles. The molecule has 0 spiro atoms. The van der Waals surface area contributed by atoms with Crippen LogP contribution in [0, 0.1) is 21.4 Å². The number of nitro groups is 1. The fourth-order valence-corrected chi connectivity index (χ4v) is 2.60. The zero-order valence-electron chi connectivity index (χ0n) is 13.2. The number of nitrogens with one attached hydrogen (secondary N) is 1. The van der Waals surface area contributed by atoms with Gasteiger partial charge in [0.05, 0.1) is 33.7 Å². The van der Waals surface area contributed by atoms with Crippen LogP contribution in [0.5, 0.6) is 0 Å². The van der Waals surface area contributed by atoms with Crippen molar-refractivity contribution < 1.29 is 18.1 Å². The van der Waals surface area contributed by atoms with E-state index in [9.17, 15) is 23.3 Å². The van der Waals surface area contributed by atoms with Crippen LogP contribution in [0.25, 0.3) is 5.65 Å². The van der Waals surface area contributed by atoms with Gasteiger partial charge in [0.1, 0.15) is 5.69 Å². The van der Waals surface area contributed by atoms with E-state index >= 15 is 0 Å². The van der Waals surface area contributed by atoms with Gasteiger partial charge in [-0.25, -0.2) is 0 Å². The smallest absolute Gasteiger partial charge is 0.372 e. The highest BCUT2D eigenvalue weighted by Crippen LogP contribution is 2.32. The van der Waals surface area contributed by atoms with E-state index in [2.05, 4.69) is 15.5 Å². The summed E-state index contributed by atoms with van der Waals surface area (Å²) in [6, 6.07) is 6.32. The third-order valence-electron chi connectivity index (χ3n) is 3.62. The van der Waals surface area contributed by atoms with E-state index in [1.54, 1.807) is 6.07 Å². The van der Waals surface area contributed by atoms with Crippen LogP contribution in [0.3, 0.4) is 0 Å². The average Bonchev–Trinajstić information content (AvgIpc) is 3.02. The Balaban J connectivity index is 1.96. The Morgan fingerprint density at radius 2 is 2.07 bits per heavy atom. The summed E-state index contributed by atoms with van der Waals surface area (Å²) in [5, 5.41) is 30.0. The largest absolute Gasteiger partial charge is 0.417 e. The number of nitriles is 1. The molecule has 0 aliphatic carbocycles. The molecule has 27 heavy (non-hydrogen) atoms. The first-order valence-electron chi connectivity index (χ1n) is 7.23. The standard InChI is InChI=1S/C15H8ClF3N6O2/c16-10-4-9(15(17,18)19)7-24-13(22-23-14(10)24)6-21-11-2-1-8(5-20)3-12(11)25(26)27/h1-4,7,21H,6H2. The molecule has 0 fully saturated rings. The Bertz CT molecular complexity index is 1090. The number of pyridine rings is 1. The maximum Gasteiger partial charge on any atom is 0.417 e. The summed E-state index contributed by atoms with van der Waals surface area (Å²) in [5.41, 5.74) is -1.13. The van der Waals surface area contributed by atoms with Crippen LogP contribution >= 0.6 is 11.6 Å². The van der Waals surface area contributed by atoms with E-state index < -0.39 is 16.7 Å². The molecule has 138 valence electrons. The van der Waals surface area contributed by atoms with Crippen LogP contribution in [0.15, 0.2) is 30.5 Å². The monoisotopic (exact) mass is 396 g/mol. The number of anilines is 1. The molecular weight excluding hydrogens is 389 g/mol. The van der Waals surface area contributed by atoms with Crippen molar-refractivity contribution >= 4 is 28.6 Å². The number of aromatic nitrogens is 3. The van der Waals surface area contributed by atoms with Gasteiger partial charge in [0.25, 0.3) is 5.69 Å². The van der Waals surface area contributed by atoms with Crippen LogP contribution < -0.4 is 5.32 Å². The molecule has 8 nitrogen and oxygen atoms in total. The second-order valence-electron chi connectivity index (χ2n) is 5.34. The summed E-state index contributed by atoms with van der Waals surface area (Å²) in [5.74, 6) is 0.0663. The molecule has 0 unspecified atom stereocenters. The van der Waals surface area contributed by atoms with Crippen LogP contribution in [0.2, 0.25) is 5.02 Å². The summed E-state index contributed by atoms with van der Waals surface area (Å²) >= 11 is 5.84. The maximum absolute atomic E-state index is 13.0. The highest BCUT2D eigenvalue weighted by atomic mass is 35.5. The van der Waals surface area contributed by atoms with Gasteiger partial charge < -0.3 is 5.32 Å². The number of hydrogen-bond donors (Lipinski definition) is 1. The molecule has 0 atom stereocenters. The average molecular weight is 397 g/mol. The lowest BCUT2D eigenvalue weighted by Gasteiger charge is -2.10. The zero-order chi connectivity index (χ0) is 19.8. The number of nitro benzene ring substituents is 1. The minimum Gasteiger partial charge on any atom is -0.372 e. The van der Waals surface area contributed by atoms with Crippen molar-refractivity contribution in [1.29, 1.82) is 5.26 Å². The van der Waals surface area contributed by atoms with Crippen LogP contribution in [-0.2, 0) is 12.7 Å². The number of benzene rings is 1. The van der Waals surface area contributed by atoms with Gasteiger partial charge in [0, 0.05) is 12.3 Å². The number of halogens is 4. The van der Waals surface area contributed by atoms with Crippen molar-refractivity contribution in [1.82, 2.24) is 14.6 Å². The number of hydrogen-bond acceptors (Lipinski definition) is 6. The van der Waals surface area contributed by atoms with E-state index in [0.717, 1.165) is 22.7 Å². The quantitative estimate of drug-likeness (QED) is 0.530. The topological polar surface area (TPSA) is 109 Å². The predicted molar refractivity (Wildman–Crippen MR) is 88.1 cm³/mol. The first kappa shape index (κ1) is 18.4. The highest BCUT2D eigenvalue weighted by molar-refractivity contribution is 6.33. The Morgan fingerprint density at radius 3 is 2.70 bits per heavy atom. The third kappa shape index (κ3) is 3.61. The van der Waals surface area contributed by atoms with Gasteiger partial charge >= 0.3 is 6.18 Å². The molecule has 0 amide bonds. The Labute approximate surface area is 154 Å².